The first kappa shape index (κ1) is 13.9. The van der Waals surface area contributed by atoms with E-state index in [1.54, 1.807) is 24.3 Å². The van der Waals surface area contributed by atoms with Crippen molar-refractivity contribution in [3.8, 4) is 0 Å². The number of hydrogen-bond donors (Lipinski definition) is 1. The fourth-order valence-corrected chi connectivity index (χ4v) is 3.49. The summed E-state index contributed by atoms with van der Waals surface area (Å²) in [6, 6.07) is 6.56. The van der Waals surface area contributed by atoms with Crippen molar-refractivity contribution >= 4 is 9.84 Å². The number of sulfone groups is 1. The van der Waals surface area contributed by atoms with Crippen LogP contribution < -0.4 is 0 Å². The van der Waals surface area contributed by atoms with E-state index in [0.717, 1.165) is 5.56 Å². The molecule has 94 valence electrons. The summed E-state index contributed by atoms with van der Waals surface area (Å²) in [5.41, 5.74) is -0.367. The Kier molecular flexibility index (Phi) is 3.79. The maximum atomic E-state index is 12.3. The van der Waals surface area contributed by atoms with Crippen LogP contribution in [0.2, 0.25) is 0 Å². The van der Waals surface area contributed by atoms with E-state index in [9.17, 15) is 13.5 Å². The van der Waals surface area contributed by atoms with Crippen LogP contribution in [0.25, 0.3) is 0 Å². The van der Waals surface area contributed by atoms with Crippen molar-refractivity contribution in [1.29, 1.82) is 0 Å². The van der Waals surface area contributed by atoms with E-state index in [2.05, 4.69) is 6.58 Å². The molecule has 0 spiro atoms. The Morgan fingerprint density at radius 1 is 1.29 bits per heavy atom. The highest BCUT2D eigenvalue weighted by atomic mass is 32.2. The van der Waals surface area contributed by atoms with Gasteiger partial charge in [0, 0.05) is 0 Å². The second-order valence-corrected chi connectivity index (χ2v) is 6.74. The molecule has 0 fully saturated rings. The fourth-order valence-electron chi connectivity index (χ4n) is 1.67. The van der Waals surface area contributed by atoms with Crippen LogP contribution in [0.1, 0.15) is 19.4 Å². The van der Waals surface area contributed by atoms with Gasteiger partial charge in [0.15, 0.2) is 9.84 Å². The molecule has 0 unspecified atom stereocenters. The zero-order valence-corrected chi connectivity index (χ0v) is 11.2. The molecule has 1 rings (SSSR count). The normalized spacial score (nSPS) is 14.4. The van der Waals surface area contributed by atoms with Crippen molar-refractivity contribution in [1.82, 2.24) is 0 Å². The minimum absolute atomic E-state index is 0.204. The zero-order valence-electron chi connectivity index (χ0n) is 10.3. The van der Waals surface area contributed by atoms with E-state index in [0.29, 0.717) is 0 Å². The predicted octanol–water partition coefficient (Wildman–Crippen LogP) is 2.09. The minimum atomic E-state index is -3.59. The van der Waals surface area contributed by atoms with Crippen LogP contribution in [0.5, 0.6) is 0 Å². The average Bonchev–Trinajstić information content (AvgIpc) is 2.16. The highest BCUT2D eigenvalue weighted by Gasteiger charge is 2.36. The number of rotatable bonds is 4. The van der Waals surface area contributed by atoms with Gasteiger partial charge in [0.25, 0.3) is 0 Å². The van der Waals surface area contributed by atoms with Gasteiger partial charge in [-0.05, 0) is 32.9 Å². The molecule has 1 aromatic carbocycles. The molecule has 1 atom stereocenters. The van der Waals surface area contributed by atoms with Crippen LogP contribution in [0.3, 0.4) is 0 Å². The lowest BCUT2D eigenvalue weighted by Gasteiger charge is -2.26. The van der Waals surface area contributed by atoms with E-state index < -0.39 is 20.7 Å². The molecule has 0 aliphatic carbocycles. The van der Waals surface area contributed by atoms with Gasteiger partial charge in [0.2, 0.25) is 0 Å². The summed E-state index contributed by atoms with van der Waals surface area (Å²) < 4.78 is 24.6. The van der Waals surface area contributed by atoms with Gasteiger partial charge in [-0.3, -0.25) is 0 Å². The van der Waals surface area contributed by atoms with Gasteiger partial charge >= 0.3 is 0 Å². The van der Waals surface area contributed by atoms with Crippen LogP contribution in [-0.4, -0.2) is 24.4 Å². The van der Waals surface area contributed by atoms with Crippen molar-refractivity contribution in [2.24, 2.45) is 0 Å². The SMILES string of the molecule is C=C[C@H](C(C)(C)O)S(=O)(=O)c1ccc(C)cc1. The van der Waals surface area contributed by atoms with E-state index in [1.165, 1.54) is 19.9 Å². The summed E-state index contributed by atoms with van der Waals surface area (Å²) >= 11 is 0. The summed E-state index contributed by atoms with van der Waals surface area (Å²) in [6.45, 7) is 8.31. The van der Waals surface area contributed by atoms with E-state index in [4.69, 9.17) is 0 Å². The summed E-state index contributed by atoms with van der Waals surface area (Å²) in [5, 5.41) is 8.86. The summed E-state index contributed by atoms with van der Waals surface area (Å²) in [7, 11) is -3.59. The Bertz CT molecular complexity index is 492. The fraction of sp³-hybridized carbons (Fsp3) is 0.385. The summed E-state index contributed by atoms with van der Waals surface area (Å²) in [5.74, 6) is 0. The van der Waals surface area contributed by atoms with Gasteiger partial charge in [-0.15, -0.1) is 6.58 Å². The topological polar surface area (TPSA) is 54.4 Å². The molecule has 0 heterocycles. The van der Waals surface area contributed by atoms with Crippen LogP contribution in [0.15, 0.2) is 41.8 Å². The number of hydrogen-bond acceptors (Lipinski definition) is 3. The lowest BCUT2D eigenvalue weighted by Crippen LogP contribution is -2.40. The minimum Gasteiger partial charge on any atom is -0.389 e. The van der Waals surface area contributed by atoms with E-state index >= 15 is 0 Å². The molecule has 0 aromatic heterocycles. The molecule has 0 aliphatic rings. The molecule has 3 nitrogen and oxygen atoms in total. The number of aryl methyl sites for hydroxylation is 1. The summed E-state index contributed by atoms with van der Waals surface area (Å²) in [4.78, 5) is 0.204. The lowest BCUT2D eigenvalue weighted by molar-refractivity contribution is 0.0868. The van der Waals surface area contributed by atoms with Gasteiger partial charge < -0.3 is 5.11 Å². The molecule has 1 N–H and O–H groups in total. The second kappa shape index (κ2) is 4.63. The molecule has 0 saturated carbocycles. The highest BCUT2D eigenvalue weighted by Crippen LogP contribution is 2.25. The second-order valence-electron chi connectivity index (χ2n) is 4.67. The Morgan fingerprint density at radius 3 is 2.12 bits per heavy atom. The standard InChI is InChI=1S/C13H18O3S/c1-5-12(13(3,4)14)17(15,16)11-8-6-10(2)7-9-11/h5-9,12,14H,1H2,2-4H3/t12-/m1/s1. The first-order chi connectivity index (χ1) is 7.69. The van der Waals surface area contributed by atoms with Gasteiger partial charge in [-0.2, -0.15) is 0 Å². The molecule has 0 aliphatic heterocycles. The van der Waals surface area contributed by atoms with Gasteiger partial charge in [-0.25, -0.2) is 8.42 Å². The monoisotopic (exact) mass is 254 g/mol. The third kappa shape index (κ3) is 2.96. The molecule has 0 radical (unpaired) electrons. The molecular weight excluding hydrogens is 236 g/mol. The molecule has 17 heavy (non-hydrogen) atoms. The Hall–Kier alpha value is -1.13. The predicted molar refractivity (Wildman–Crippen MR) is 68.6 cm³/mol. The third-order valence-corrected chi connectivity index (χ3v) is 4.96. The summed E-state index contributed by atoms with van der Waals surface area (Å²) in [6.07, 6.45) is 1.27. The molecule has 1 aromatic rings. The van der Waals surface area contributed by atoms with Crippen LogP contribution in [0, 0.1) is 6.92 Å². The molecule has 4 heteroatoms. The maximum absolute atomic E-state index is 12.3. The van der Waals surface area contributed by atoms with Crippen molar-refractivity contribution in [3.05, 3.63) is 42.5 Å². The van der Waals surface area contributed by atoms with Crippen LogP contribution in [0.4, 0.5) is 0 Å². The van der Waals surface area contributed by atoms with Crippen molar-refractivity contribution in [2.45, 2.75) is 36.5 Å². The quantitative estimate of drug-likeness (QED) is 0.837. The first-order valence-corrected chi connectivity index (χ1v) is 6.89. The zero-order chi connectivity index (χ0) is 13.3. The molecule has 0 saturated heterocycles. The van der Waals surface area contributed by atoms with E-state index in [-0.39, 0.29) is 4.90 Å². The first-order valence-electron chi connectivity index (χ1n) is 5.35. The Morgan fingerprint density at radius 2 is 1.76 bits per heavy atom. The Labute approximate surface area is 103 Å². The Balaban J connectivity index is 3.27. The van der Waals surface area contributed by atoms with Gasteiger partial charge in [0.05, 0.1) is 10.5 Å². The number of benzene rings is 1. The van der Waals surface area contributed by atoms with Crippen LogP contribution >= 0.6 is 0 Å². The lowest BCUT2D eigenvalue weighted by atomic mass is 10.1. The van der Waals surface area contributed by atoms with Crippen LogP contribution in [-0.2, 0) is 9.84 Å². The largest absolute Gasteiger partial charge is 0.389 e. The molecular formula is C13H18O3S. The molecule has 0 amide bonds. The van der Waals surface area contributed by atoms with Crippen molar-refractivity contribution in [2.75, 3.05) is 0 Å². The van der Waals surface area contributed by atoms with E-state index in [1.807, 2.05) is 6.92 Å². The molecule has 0 bridgehead atoms. The van der Waals surface area contributed by atoms with Gasteiger partial charge in [0.1, 0.15) is 5.25 Å². The average molecular weight is 254 g/mol. The van der Waals surface area contributed by atoms with Crippen molar-refractivity contribution in [3.63, 3.8) is 0 Å². The number of aliphatic hydroxyl groups is 1. The smallest absolute Gasteiger partial charge is 0.187 e. The third-order valence-electron chi connectivity index (χ3n) is 2.59. The maximum Gasteiger partial charge on any atom is 0.187 e. The van der Waals surface area contributed by atoms with Crippen molar-refractivity contribution < 1.29 is 13.5 Å². The highest BCUT2D eigenvalue weighted by molar-refractivity contribution is 7.92. The van der Waals surface area contributed by atoms with Gasteiger partial charge in [-0.1, -0.05) is 23.8 Å².